The number of aliphatic hydroxyl groups excluding tert-OH is 1. The van der Waals surface area contributed by atoms with Crippen LogP contribution in [-0.4, -0.2) is 18.8 Å². The van der Waals surface area contributed by atoms with E-state index in [0.29, 0.717) is 11.3 Å². The summed E-state index contributed by atoms with van der Waals surface area (Å²) in [5.41, 5.74) is 1.22. The quantitative estimate of drug-likeness (QED) is 0.809. The van der Waals surface area contributed by atoms with Crippen molar-refractivity contribution in [3.63, 3.8) is 0 Å². The molecule has 4 nitrogen and oxygen atoms in total. The van der Waals surface area contributed by atoms with Crippen LogP contribution in [0.3, 0.4) is 0 Å². The molecule has 0 aliphatic heterocycles. The Kier molecular flexibility index (Phi) is 2.67. The lowest BCUT2D eigenvalue weighted by Gasteiger charge is -2.07. The predicted octanol–water partition coefficient (Wildman–Crippen LogP) is 1.08. The lowest BCUT2D eigenvalue weighted by molar-refractivity contribution is 0.282. The SMILES string of the molecule is O=S(=O)(Nc1cccc(CO)c1)C1CC1. The number of rotatable bonds is 4. The molecule has 1 aliphatic rings. The van der Waals surface area contributed by atoms with Crippen LogP contribution < -0.4 is 4.72 Å². The van der Waals surface area contributed by atoms with Crippen molar-refractivity contribution in [3.8, 4) is 0 Å². The third-order valence-electron chi connectivity index (χ3n) is 2.33. The van der Waals surface area contributed by atoms with Gasteiger partial charge in [-0.3, -0.25) is 4.72 Å². The molecule has 2 N–H and O–H groups in total. The van der Waals surface area contributed by atoms with Crippen LogP contribution in [0.15, 0.2) is 24.3 Å². The minimum Gasteiger partial charge on any atom is -0.392 e. The number of benzene rings is 1. The van der Waals surface area contributed by atoms with E-state index in [4.69, 9.17) is 5.11 Å². The van der Waals surface area contributed by atoms with E-state index >= 15 is 0 Å². The molecule has 0 saturated heterocycles. The summed E-state index contributed by atoms with van der Waals surface area (Å²) in [7, 11) is -3.20. The van der Waals surface area contributed by atoms with E-state index in [1.54, 1.807) is 24.3 Å². The average Bonchev–Trinajstić information content (AvgIpc) is 3.00. The summed E-state index contributed by atoms with van der Waals surface area (Å²) >= 11 is 0. The van der Waals surface area contributed by atoms with Crippen molar-refractivity contribution in [2.75, 3.05) is 4.72 Å². The summed E-state index contributed by atoms with van der Waals surface area (Å²) in [5, 5.41) is 8.68. The van der Waals surface area contributed by atoms with Crippen LogP contribution in [0, 0.1) is 0 Å². The molecule has 0 bridgehead atoms. The highest BCUT2D eigenvalue weighted by atomic mass is 32.2. The van der Waals surface area contributed by atoms with Gasteiger partial charge >= 0.3 is 0 Å². The van der Waals surface area contributed by atoms with Crippen molar-refractivity contribution >= 4 is 15.7 Å². The van der Waals surface area contributed by atoms with E-state index in [1.807, 2.05) is 0 Å². The summed E-state index contributed by atoms with van der Waals surface area (Å²) in [4.78, 5) is 0. The molecule has 5 heteroatoms. The molecule has 0 amide bonds. The maximum atomic E-state index is 11.6. The topological polar surface area (TPSA) is 66.4 Å². The molecule has 0 unspecified atom stereocenters. The van der Waals surface area contributed by atoms with Crippen LogP contribution in [0.5, 0.6) is 0 Å². The maximum absolute atomic E-state index is 11.6. The summed E-state index contributed by atoms with van der Waals surface area (Å²) < 4.78 is 25.7. The second kappa shape index (κ2) is 3.83. The molecule has 1 aliphatic carbocycles. The molecule has 1 fully saturated rings. The molecule has 15 heavy (non-hydrogen) atoms. The van der Waals surface area contributed by atoms with Crippen LogP contribution in [0.4, 0.5) is 5.69 Å². The van der Waals surface area contributed by atoms with Crippen molar-refractivity contribution in [2.24, 2.45) is 0 Å². The van der Waals surface area contributed by atoms with Gasteiger partial charge in [0.2, 0.25) is 10.0 Å². The molecule has 0 radical (unpaired) electrons. The fourth-order valence-corrected chi connectivity index (χ4v) is 2.74. The van der Waals surface area contributed by atoms with Gasteiger partial charge in [0, 0.05) is 5.69 Å². The van der Waals surface area contributed by atoms with Gasteiger partial charge in [-0.1, -0.05) is 12.1 Å². The van der Waals surface area contributed by atoms with E-state index in [1.165, 1.54) is 0 Å². The minimum absolute atomic E-state index is 0.0843. The number of hydrogen-bond donors (Lipinski definition) is 2. The zero-order valence-electron chi connectivity index (χ0n) is 8.18. The lowest BCUT2D eigenvalue weighted by Crippen LogP contribution is -2.17. The third-order valence-corrected chi connectivity index (χ3v) is 4.20. The first-order valence-corrected chi connectivity index (χ1v) is 6.38. The highest BCUT2D eigenvalue weighted by molar-refractivity contribution is 7.93. The van der Waals surface area contributed by atoms with Gasteiger partial charge in [-0.15, -0.1) is 0 Å². The highest BCUT2D eigenvalue weighted by Crippen LogP contribution is 2.29. The standard InChI is InChI=1S/C10H13NO3S/c12-7-8-2-1-3-9(6-8)11-15(13,14)10-4-5-10/h1-3,6,10-12H,4-5,7H2. The number of nitrogens with one attached hydrogen (secondary N) is 1. The first-order chi connectivity index (χ1) is 7.12. The van der Waals surface area contributed by atoms with Crippen molar-refractivity contribution in [1.82, 2.24) is 0 Å². The zero-order valence-corrected chi connectivity index (χ0v) is 9.00. The summed E-state index contributed by atoms with van der Waals surface area (Å²) in [6, 6.07) is 6.78. The van der Waals surface area contributed by atoms with Crippen LogP contribution in [-0.2, 0) is 16.6 Å². The Hall–Kier alpha value is -1.07. The fourth-order valence-electron chi connectivity index (χ4n) is 1.36. The van der Waals surface area contributed by atoms with E-state index in [2.05, 4.69) is 4.72 Å². The molecular formula is C10H13NO3S. The molecular weight excluding hydrogens is 214 g/mol. The van der Waals surface area contributed by atoms with Gasteiger partial charge in [0.25, 0.3) is 0 Å². The van der Waals surface area contributed by atoms with Crippen LogP contribution >= 0.6 is 0 Å². The van der Waals surface area contributed by atoms with Crippen LogP contribution in [0.1, 0.15) is 18.4 Å². The van der Waals surface area contributed by atoms with Crippen molar-refractivity contribution in [2.45, 2.75) is 24.7 Å². The molecule has 0 atom stereocenters. The molecule has 0 spiro atoms. The molecule has 1 aromatic carbocycles. The van der Waals surface area contributed by atoms with Gasteiger partial charge in [0.15, 0.2) is 0 Å². The lowest BCUT2D eigenvalue weighted by atomic mass is 10.2. The highest BCUT2D eigenvalue weighted by Gasteiger charge is 2.35. The summed E-state index contributed by atoms with van der Waals surface area (Å²) in [5.74, 6) is 0. The predicted molar refractivity (Wildman–Crippen MR) is 57.9 cm³/mol. The van der Waals surface area contributed by atoms with E-state index in [-0.39, 0.29) is 11.9 Å². The van der Waals surface area contributed by atoms with Gasteiger partial charge < -0.3 is 5.11 Å². The first kappa shape index (κ1) is 10.4. The van der Waals surface area contributed by atoms with E-state index < -0.39 is 10.0 Å². The molecule has 1 aromatic rings. The zero-order chi connectivity index (χ0) is 10.9. The monoisotopic (exact) mass is 227 g/mol. The first-order valence-electron chi connectivity index (χ1n) is 4.83. The molecule has 2 rings (SSSR count). The van der Waals surface area contributed by atoms with Crippen molar-refractivity contribution < 1.29 is 13.5 Å². The largest absolute Gasteiger partial charge is 0.392 e. The number of sulfonamides is 1. The Morgan fingerprint density at radius 1 is 1.40 bits per heavy atom. The Labute approximate surface area is 89.0 Å². The van der Waals surface area contributed by atoms with E-state index in [9.17, 15) is 8.42 Å². The number of hydrogen-bond acceptors (Lipinski definition) is 3. The Morgan fingerprint density at radius 2 is 2.13 bits per heavy atom. The summed E-state index contributed by atoms with van der Waals surface area (Å²) in [6.07, 6.45) is 1.49. The van der Waals surface area contributed by atoms with Crippen LogP contribution in [0.2, 0.25) is 0 Å². The van der Waals surface area contributed by atoms with Gasteiger partial charge in [-0.2, -0.15) is 0 Å². The second-order valence-electron chi connectivity index (χ2n) is 3.70. The normalized spacial score (nSPS) is 16.3. The number of aliphatic hydroxyl groups is 1. The Bertz CT molecular complexity index is 451. The van der Waals surface area contributed by atoms with Crippen molar-refractivity contribution in [3.05, 3.63) is 29.8 Å². The fraction of sp³-hybridized carbons (Fsp3) is 0.400. The molecule has 82 valence electrons. The Balaban J connectivity index is 2.16. The van der Waals surface area contributed by atoms with Crippen LogP contribution in [0.25, 0.3) is 0 Å². The van der Waals surface area contributed by atoms with Gasteiger partial charge in [-0.05, 0) is 30.5 Å². The van der Waals surface area contributed by atoms with Gasteiger partial charge in [0.1, 0.15) is 0 Å². The smallest absolute Gasteiger partial charge is 0.235 e. The molecule has 0 aromatic heterocycles. The number of anilines is 1. The minimum atomic E-state index is -3.20. The maximum Gasteiger partial charge on any atom is 0.235 e. The van der Waals surface area contributed by atoms with Crippen molar-refractivity contribution in [1.29, 1.82) is 0 Å². The molecule has 1 saturated carbocycles. The summed E-state index contributed by atoms with van der Waals surface area (Å²) in [6.45, 7) is -0.0843. The Morgan fingerprint density at radius 3 is 2.73 bits per heavy atom. The molecule has 0 heterocycles. The van der Waals surface area contributed by atoms with E-state index in [0.717, 1.165) is 12.8 Å². The van der Waals surface area contributed by atoms with Gasteiger partial charge in [-0.25, -0.2) is 8.42 Å². The second-order valence-corrected chi connectivity index (χ2v) is 5.67. The van der Waals surface area contributed by atoms with Gasteiger partial charge in [0.05, 0.1) is 11.9 Å². The average molecular weight is 227 g/mol. The third kappa shape index (κ3) is 2.49.